The van der Waals surface area contributed by atoms with Gasteiger partial charge >= 0.3 is 0 Å². The number of nitrogens with zero attached hydrogens (tertiary/aromatic N) is 2. The van der Waals surface area contributed by atoms with E-state index in [0.29, 0.717) is 17.4 Å². The van der Waals surface area contributed by atoms with Crippen LogP contribution >= 0.6 is 0 Å². The van der Waals surface area contributed by atoms with Crippen LogP contribution < -0.4 is 4.74 Å². The van der Waals surface area contributed by atoms with Gasteiger partial charge in [0.25, 0.3) is 5.91 Å². The van der Waals surface area contributed by atoms with Crippen molar-refractivity contribution in [2.45, 2.75) is 25.7 Å². The molecule has 18 heavy (non-hydrogen) atoms. The highest BCUT2D eigenvalue weighted by molar-refractivity contribution is 5.94. The van der Waals surface area contributed by atoms with Crippen LogP contribution in [0, 0.1) is 5.92 Å². The standard InChI is InChI=1S/C14H18N2O2/c17-14(16-7-1-2-8-16)12-5-6-15-13(9-12)18-10-11-3-4-11/h5-6,9,11H,1-4,7-8,10H2. The van der Waals surface area contributed by atoms with Crippen molar-refractivity contribution in [1.29, 1.82) is 0 Å². The van der Waals surface area contributed by atoms with Crippen molar-refractivity contribution in [3.8, 4) is 5.88 Å². The second-order valence-electron chi connectivity index (χ2n) is 5.14. The smallest absolute Gasteiger partial charge is 0.254 e. The Kier molecular flexibility index (Phi) is 3.17. The molecule has 3 rings (SSSR count). The van der Waals surface area contributed by atoms with Crippen LogP contribution in [0.4, 0.5) is 0 Å². The molecule has 0 unspecified atom stereocenters. The van der Waals surface area contributed by atoms with E-state index in [0.717, 1.165) is 32.5 Å². The maximum absolute atomic E-state index is 12.2. The van der Waals surface area contributed by atoms with Crippen molar-refractivity contribution in [3.63, 3.8) is 0 Å². The predicted molar refractivity (Wildman–Crippen MR) is 67.6 cm³/mol. The molecular formula is C14H18N2O2. The van der Waals surface area contributed by atoms with E-state index in [9.17, 15) is 4.79 Å². The molecule has 0 atom stereocenters. The molecule has 96 valence electrons. The van der Waals surface area contributed by atoms with E-state index >= 15 is 0 Å². The number of amides is 1. The van der Waals surface area contributed by atoms with E-state index in [1.54, 1.807) is 18.3 Å². The van der Waals surface area contributed by atoms with E-state index in [1.165, 1.54) is 12.8 Å². The van der Waals surface area contributed by atoms with Crippen LogP contribution in [0.2, 0.25) is 0 Å². The highest BCUT2D eigenvalue weighted by Crippen LogP contribution is 2.29. The molecule has 1 saturated carbocycles. The lowest BCUT2D eigenvalue weighted by molar-refractivity contribution is 0.0792. The van der Waals surface area contributed by atoms with Crippen molar-refractivity contribution < 1.29 is 9.53 Å². The Morgan fingerprint density at radius 2 is 2.17 bits per heavy atom. The van der Waals surface area contributed by atoms with Gasteiger partial charge < -0.3 is 9.64 Å². The van der Waals surface area contributed by atoms with Crippen molar-refractivity contribution in [2.24, 2.45) is 5.92 Å². The number of carbonyl (C=O) groups is 1. The van der Waals surface area contributed by atoms with Gasteiger partial charge in [-0.2, -0.15) is 0 Å². The maximum atomic E-state index is 12.2. The molecule has 4 heteroatoms. The third-order valence-electron chi connectivity index (χ3n) is 3.54. The van der Waals surface area contributed by atoms with Crippen LogP contribution in [0.1, 0.15) is 36.0 Å². The second kappa shape index (κ2) is 4.96. The minimum absolute atomic E-state index is 0.103. The van der Waals surface area contributed by atoms with Gasteiger partial charge in [-0.3, -0.25) is 4.79 Å². The zero-order valence-corrected chi connectivity index (χ0v) is 10.5. The number of ether oxygens (including phenoxy) is 1. The van der Waals surface area contributed by atoms with Crippen molar-refractivity contribution in [1.82, 2.24) is 9.88 Å². The molecule has 0 bridgehead atoms. The van der Waals surface area contributed by atoms with Crippen LogP contribution in [0.25, 0.3) is 0 Å². The molecule has 0 aromatic carbocycles. The van der Waals surface area contributed by atoms with E-state index < -0.39 is 0 Å². The quantitative estimate of drug-likeness (QED) is 0.817. The summed E-state index contributed by atoms with van der Waals surface area (Å²) in [5.74, 6) is 1.38. The van der Waals surface area contributed by atoms with Crippen molar-refractivity contribution >= 4 is 5.91 Å². The molecule has 0 N–H and O–H groups in total. The average Bonchev–Trinajstić information content (AvgIpc) is 3.08. The number of pyridine rings is 1. The van der Waals surface area contributed by atoms with Gasteiger partial charge in [-0.05, 0) is 37.7 Å². The molecule has 1 aliphatic heterocycles. The molecule has 0 spiro atoms. The summed E-state index contributed by atoms with van der Waals surface area (Å²) in [5, 5.41) is 0. The molecule has 0 radical (unpaired) electrons. The van der Waals surface area contributed by atoms with E-state index in [2.05, 4.69) is 4.98 Å². The first-order chi connectivity index (χ1) is 8.83. The summed E-state index contributed by atoms with van der Waals surface area (Å²) in [6, 6.07) is 3.54. The summed E-state index contributed by atoms with van der Waals surface area (Å²) in [6.45, 7) is 2.48. The van der Waals surface area contributed by atoms with Crippen LogP contribution in [0.3, 0.4) is 0 Å². The summed E-state index contributed by atoms with van der Waals surface area (Å²) < 4.78 is 5.60. The monoisotopic (exact) mass is 246 g/mol. The molecule has 1 aliphatic carbocycles. The topological polar surface area (TPSA) is 42.4 Å². The van der Waals surface area contributed by atoms with Gasteiger partial charge in [-0.1, -0.05) is 0 Å². The van der Waals surface area contributed by atoms with E-state index in [-0.39, 0.29) is 5.91 Å². The van der Waals surface area contributed by atoms with Crippen LogP contribution in [-0.2, 0) is 0 Å². The normalized spacial score (nSPS) is 19.0. The predicted octanol–water partition coefficient (Wildman–Crippen LogP) is 2.11. The Hall–Kier alpha value is -1.58. The van der Waals surface area contributed by atoms with Gasteiger partial charge in [0.15, 0.2) is 0 Å². The Balaban J connectivity index is 1.66. The zero-order chi connectivity index (χ0) is 12.4. The number of aromatic nitrogens is 1. The number of rotatable bonds is 4. The van der Waals surface area contributed by atoms with Crippen LogP contribution in [0.5, 0.6) is 5.88 Å². The summed E-state index contributed by atoms with van der Waals surface area (Å²) in [4.78, 5) is 18.3. The maximum Gasteiger partial charge on any atom is 0.254 e. The lowest BCUT2D eigenvalue weighted by Gasteiger charge is -2.15. The van der Waals surface area contributed by atoms with Crippen molar-refractivity contribution in [2.75, 3.05) is 19.7 Å². The fourth-order valence-corrected chi connectivity index (χ4v) is 2.21. The number of likely N-dealkylation sites (tertiary alicyclic amines) is 1. The molecule has 2 heterocycles. The molecular weight excluding hydrogens is 228 g/mol. The van der Waals surface area contributed by atoms with Gasteiger partial charge in [-0.15, -0.1) is 0 Å². The number of hydrogen-bond acceptors (Lipinski definition) is 3. The first-order valence-corrected chi connectivity index (χ1v) is 6.71. The van der Waals surface area contributed by atoms with E-state index in [4.69, 9.17) is 4.74 Å². The minimum atomic E-state index is 0.103. The molecule has 2 fully saturated rings. The van der Waals surface area contributed by atoms with Gasteiger partial charge in [0.05, 0.1) is 6.61 Å². The molecule has 1 amide bonds. The van der Waals surface area contributed by atoms with Gasteiger partial charge in [-0.25, -0.2) is 4.98 Å². The van der Waals surface area contributed by atoms with Gasteiger partial charge in [0.2, 0.25) is 5.88 Å². The van der Waals surface area contributed by atoms with Crippen molar-refractivity contribution in [3.05, 3.63) is 23.9 Å². The molecule has 4 nitrogen and oxygen atoms in total. The molecule has 1 aromatic heterocycles. The summed E-state index contributed by atoms with van der Waals surface area (Å²) in [5.41, 5.74) is 0.692. The highest BCUT2D eigenvalue weighted by Gasteiger charge is 2.23. The summed E-state index contributed by atoms with van der Waals surface area (Å²) in [7, 11) is 0. The largest absolute Gasteiger partial charge is 0.477 e. The average molecular weight is 246 g/mol. The molecule has 1 aromatic rings. The zero-order valence-electron chi connectivity index (χ0n) is 10.5. The molecule has 2 aliphatic rings. The lowest BCUT2D eigenvalue weighted by atomic mass is 10.2. The second-order valence-corrected chi connectivity index (χ2v) is 5.14. The SMILES string of the molecule is O=C(c1ccnc(OCC2CC2)c1)N1CCCC1. The third-order valence-corrected chi connectivity index (χ3v) is 3.54. The third kappa shape index (κ3) is 2.63. The fourth-order valence-electron chi connectivity index (χ4n) is 2.21. The number of carbonyl (C=O) groups excluding carboxylic acids is 1. The first-order valence-electron chi connectivity index (χ1n) is 6.71. The van der Waals surface area contributed by atoms with E-state index in [1.807, 2.05) is 4.90 Å². The first kappa shape index (κ1) is 11.5. The fraction of sp³-hybridized carbons (Fsp3) is 0.571. The Morgan fingerprint density at radius 3 is 2.89 bits per heavy atom. The summed E-state index contributed by atoms with van der Waals surface area (Å²) in [6.07, 6.45) is 6.40. The van der Waals surface area contributed by atoms with Crippen LogP contribution in [-0.4, -0.2) is 35.5 Å². The lowest BCUT2D eigenvalue weighted by Crippen LogP contribution is -2.27. The minimum Gasteiger partial charge on any atom is -0.477 e. The molecule has 1 saturated heterocycles. The van der Waals surface area contributed by atoms with Gasteiger partial charge in [0, 0.05) is 30.9 Å². The van der Waals surface area contributed by atoms with Crippen LogP contribution in [0.15, 0.2) is 18.3 Å². The number of hydrogen-bond donors (Lipinski definition) is 0. The van der Waals surface area contributed by atoms with Gasteiger partial charge in [0.1, 0.15) is 0 Å². The Bertz CT molecular complexity index is 437. The Morgan fingerprint density at radius 1 is 1.39 bits per heavy atom. The summed E-state index contributed by atoms with van der Waals surface area (Å²) >= 11 is 0. The Labute approximate surface area is 107 Å². The highest BCUT2D eigenvalue weighted by atomic mass is 16.5.